The van der Waals surface area contributed by atoms with Crippen LogP contribution in [0.4, 0.5) is 5.69 Å². The Labute approximate surface area is 119 Å². The maximum Gasteiger partial charge on any atom is 0.135 e. The number of hydrogen-bond donors (Lipinski definition) is 1. The molecule has 2 atom stereocenters. The Morgan fingerprint density at radius 3 is 2.55 bits per heavy atom. The van der Waals surface area contributed by atoms with Crippen LogP contribution in [0.3, 0.4) is 0 Å². The van der Waals surface area contributed by atoms with Crippen LogP contribution >= 0.6 is 0 Å². The number of nitrogens with two attached hydrogens (primary N) is 1. The molecular formula is C17H19N3. The third-order valence-electron chi connectivity index (χ3n) is 4.60. The van der Waals surface area contributed by atoms with Crippen molar-refractivity contribution in [1.29, 1.82) is 0 Å². The first kappa shape index (κ1) is 11.9. The van der Waals surface area contributed by atoms with E-state index in [9.17, 15) is 0 Å². The van der Waals surface area contributed by atoms with Crippen LogP contribution in [0.5, 0.6) is 0 Å². The van der Waals surface area contributed by atoms with Gasteiger partial charge in [0.05, 0.1) is 6.04 Å². The summed E-state index contributed by atoms with van der Waals surface area (Å²) in [6.45, 7) is 0.979. The van der Waals surface area contributed by atoms with Gasteiger partial charge in [-0.25, -0.2) is 0 Å². The van der Waals surface area contributed by atoms with E-state index < -0.39 is 0 Å². The molecule has 2 heterocycles. The van der Waals surface area contributed by atoms with E-state index in [1.807, 2.05) is 0 Å². The largest absolute Gasteiger partial charge is 0.335 e. The van der Waals surface area contributed by atoms with Crippen molar-refractivity contribution in [2.24, 2.45) is 5.73 Å². The van der Waals surface area contributed by atoms with Crippen LogP contribution in [0.2, 0.25) is 0 Å². The second-order valence-corrected chi connectivity index (χ2v) is 5.78. The summed E-state index contributed by atoms with van der Waals surface area (Å²) in [5.74, 6) is 0. The zero-order chi connectivity index (χ0) is 13.7. The van der Waals surface area contributed by atoms with E-state index in [4.69, 9.17) is 5.73 Å². The van der Waals surface area contributed by atoms with Gasteiger partial charge in [-0.15, -0.1) is 0 Å². The topological polar surface area (TPSA) is 32.5 Å². The van der Waals surface area contributed by atoms with Crippen LogP contribution < -0.4 is 10.6 Å². The number of nitrogens with zero attached hydrogens (tertiary/aromatic N) is 2. The summed E-state index contributed by atoms with van der Waals surface area (Å²) in [6, 6.07) is 17.8. The molecule has 0 amide bonds. The smallest absolute Gasteiger partial charge is 0.135 e. The van der Waals surface area contributed by atoms with Crippen LogP contribution in [0, 0.1) is 0 Å². The van der Waals surface area contributed by atoms with Gasteiger partial charge in [0.25, 0.3) is 0 Å². The SMILES string of the molecule is CN1CC2c3ccccc3Cc3ccccc3N2C1N. The van der Waals surface area contributed by atoms with Gasteiger partial charge < -0.3 is 4.90 Å². The lowest BCUT2D eigenvalue weighted by molar-refractivity contribution is 0.317. The van der Waals surface area contributed by atoms with E-state index in [0.717, 1.165) is 13.0 Å². The Kier molecular flexibility index (Phi) is 2.59. The average Bonchev–Trinajstić information content (AvgIpc) is 2.68. The third-order valence-corrected chi connectivity index (χ3v) is 4.60. The van der Waals surface area contributed by atoms with Gasteiger partial charge in [-0.2, -0.15) is 0 Å². The molecule has 20 heavy (non-hydrogen) atoms. The Morgan fingerprint density at radius 2 is 1.70 bits per heavy atom. The summed E-state index contributed by atoms with van der Waals surface area (Å²) in [5, 5.41) is 0. The Bertz CT molecular complexity index is 652. The van der Waals surface area contributed by atoms with Crippen LogP contribution in [0.15, 0.2) is 48.5 Å². The van der Waals surface area contributed by atoms with E-state index in [-0.39, 0.29) is 6.29 Å². The molecule has 2 unspecified atom stereocenters. The van der Waals surface area contributed by atoms with Crippen molar-refractivity contribution in [3.05, 3.63) is 65.2 Å². The lowest BCUT2D eigenvalue weighted by atomic mass is 9.97. The summed E-state index contributed by atoms with van der Waals surface area (Å²) >= 11 is 0. The lowest BCUT2D eigenvalue weighted by Gasteiger charge is -2.30. The van der Waals surface area contributed by atoms with Gasteiger partial charge >= 0.3 is 0 Å². The zero-order valence-electron chi connectivity index (χ0n) is 11.7. The fourth-order valence-electron chi connectivity index (χ4n) is 3.56. The second-order valence-electron chi connectivity index (χ2n) is 5.78. The van der Waals surface area contributed by atoms with E-state index in [1.54, 1.807) is 0 Å². The fourth-order valence-corrected chi connectivity index (χ4v) is 3.56. The number of hydrogen-bond acceptors (Lipinski definition) is 3. The van der Waals surface area contributed by atoms with E-state index in [2.05, 4.69) is 65.4 Å². The minimum atomic E-state index is -0.0488. The predicted octanol–water partition coefficient (Wildman–Crippen LogP) is 2.33. The van der Waals surface area contributed by atoms with Crippen molar-refractivity contribution in [3.63, 3.8) is 0 Å². The Hall–Kier alpha value is -1.84. The highest BCUT2D eigenvalue weighted by atomic mass is 15.5. The summed E-state index contributed by atoms with van der Waals surface area (Å²) in [6.07, 6.45) is 0.947. The Balaban J connectivity index is 1.96. The van der Waals surface area contributed by atoms with E-state index in [1.165, 1.54) is 22.4 Å². The van der Waals surface area contributed by atoms with Crippen LogP contribution in [0.1, 0.15) is 22.7 Å². The van der Waals surface area contributed by atoms with Gasteiger partial charge in [0.1, 0.15) is 6.29 Å². The number of anilines is 1. The first-order chi connectivity index (χ1) is 9.75. The number of likely N-dealkylation sites (N-methyl/N-ethyl adjacent to an activating group) is 1. The molecule has 3 heteroatoms. The summed E-state index contributed by atoms with van der Waals surface area (Å²) in [7, 11) is 2.10. The van der Waals surface area contributed by atoms with E-state index >= 15 is 0 Å². The molecule has 1 saturated heterocycles. The summed E-state index contributed by atoms with van der Waals surface area (Å²) < 4.78 is 0. The molecule has 2 aromatic rings. The van der Waals surface area contributed by atoms with Crippen molar-refractivity contribution < 1.29 is 0 Å². The van der Waals surface area contributed by atoms with Crippen LogP contribution in [-0.2, 0) is 6.42 Å². The number of para-hydroxylation sites is 1. The first-order valence-electron chi connectivity index (χ1n) is 7.15. The molecule has 1 fully saturated rings. The zero-order valence-corrected chi connectivity index (χ0v) is 11.7. The van der Waals surface area contributed by atoms with Crippen molar-refractivity contribution >= 4 is 5.69 Å². The minimum absolute atomic E-state index is 0.0488. The Morgan fingerprint density at radius 1 is 1.00 bits per heavy atom. The highest BCUT2D eigenvalue weighted by molar-refractivity contribution is 5.61. The molecule has 0 bridgehead atoms. The van der Waals surface area contributed by atoms with Crippen LogP contribution in [-0.4, -0.2) is 24.8 Å². The van der Waals surface area contributed by atoms with Crippen molar-refractivity contribution in [2.45, 2.75) is 18.8 Å². The molecule has 0 aromatic heterocycles. The monoisotopic (exact) mass is 265 g/mol. The van der Waals surface area contributed by atoms with Crippen molar-refractivity contribution in [2.75, 3.05) is 18.5 Å². The van der Waals surface area contributed by atoms with E-state index in [0.29, 0.717) is 6.04 Å². The highest BCUT2D eigenvalue weighted by Gasteiger charge is 2.39. The van der Waals surface area contributed by atoms with Gasteiger partial charge in [-0.3, -0.25) is 10.6 Å². The molecule has 2 aromatic carbocycles. The number of fused-ring (bicyclic) bond motifs is 5. The summed E-state index contributed by atoms with van der Waals surface area (Å²) in [5.41, 5.74) is 11.9. The molecule has 3 nitrogen and oxygen atoms in total. The molecule has 2 N–H and O–H groups in total. The third kappa shape index (κ3) is 1.60. The molecule has 0 radical (unpaired) electrons. The number of benzene rings is 2. The number of rotatable bonds is 0. The van der Waals surface area contributed by atoms with Gasteiger partial charge in [0, 0.05) is 12.2 Å². The maximum atomic E-state index is 6.43. The predicted molar refractivity (Wildman–Crippen MR) is 81.5 cm³/mol. The molecule has 0 saturated carbocycles. The van der Waals surface area contributed by atoms with Gasteiger partial charge in [-0.1, -0.05) is 42.5 Å². The minimum Gasteiger partial charge on any atom is -0.335 e. The van der Waals surface area contributed by atoms with Crippen molar-refractivity contribution in [3.8, 4) is 0 Å². The molecule has 4 rings (SSSR count). The second kappa shape index (κ2) is 4.33. The standard InChI is InChI=1S/C17H19N3/c1-19-11-16-14-8-4-2-6-12(14)10-13-7-3-5-9-15(13)20(16)17(19)18/h2-9,16-17H,10-11,18H2,1H3. The maximum absolute atomic E-state index is 6.43. The first-order valence-corrected chi connectivity index (χ1v) is 7.15. The molecule has 0 spiro atoms. The fraction of sp³-hybridized carbons (Fsp3) is 0.294. The highest BCUT2D eigenvalue weighted by Crippen LogP contribution is 2.41. The molecule has 102 valence electrons. The quantitative estimate of drug-likeness (QED) is 0.793. The normalized spacial score (nSPS) is 24.8. The van der Waals surface area contributed by atoms with Crippen molar-refractivity contribution in [1.82, 2.24) is 4.90 Å². The molecule has 2 aliphatic rings. The molecule has 0 aliphatic carbocycles. The average molecular weight is 265 g/mol. The van der Waals surface area contributed by atoms with Crippen LogP contribution in [0.25, 0.3) is 0 Å². The van der Waals surface area contributed by atoms with Gasteiger partial charge in [0.2, 0.25) is 0 Å². The van der Waals surface area contributed by atoms with Gasteiger partial charge in [0.15, 0.2) is 0 Å². The van der Waals surface area contributed by atoms with Gasteiger partial charge in [-0.05, 0) is 36.2 Å². The summed E-state index contributed by atoms with van der Waals surface area (Å²) in [4.78, 5) is 4.60. The lowest BCUT2D eigenvalue weighted by Crippen LogP contribution is -2.45. The molecule has 2 aliphatic heterocycles. The molecular weight excluding hydrogens is 246 g/mol.